The van der Waals surface area contributed by atoms with Gasteiger partial charge in [0, 0.05) is 0 Å². The van der Waals surface area contributed by atoms with Gasteiger partial charge in [0.05, 0.1) is 0 Å². The topological polar surface area (TPSA) is 21.7 Å². The Balaban J connectivity index is 1.51. The van der Waals surface area contributed by atoms with E-state index in [-0.39, 0.29) is 11.5 Å². The number of hydrogen-bond acceptors (Lipinski definition) is 3. The van der Waals surface area contributed by atoms with E-state index in [2.05, 4.69) is 14.4 Å². The van der Waals surface area contributed by atoms with E-state index in [1.807, 2.05) is 6.07 Å². The summed E-state index contributed by atoms with van der Waals surface area (Å²) in [7, 11) is 0. The second-order valence-corrected chi connectivity index (χ2v) is 5.45. The van der Waals surface area contributed by atoms with Gasteiger partial charge in [-0.1, -0.05) is 12.5 Å². The molecule has 20 heavy (non-hydrogen) atoms. The zero-order chi connectivity index (χ0) is 14.0. The molecule has 3 rings (SSSR count). The first-order valence-corrected chi connectivity index (χ1v) is 7.23. The summed E-state index contributed by atoms with van der Waals surface area (Å²) in [4.78, 5) is 2.48. The highest BCUT2D eigenvalue weighted by Gasteiger charge is 2.43. The second-order valence-electron chi connectivity index (χ2n) is 5.45. The standard InChI is InChI=1S/C15H19F2NO2/c16-15(17)19-13-7-6-12(11-14(13)20-15)5-4-10-18-8-2-1-3-9-18/h6-7,11H,1-5,8-10H2. The molecular formula is C15H19F2NO2. The molecule has 1 aromatic carbocycles. The molecule has 0 radical (unpaired) electrons. The Morgan fingerprint density at radius 2 is 1.80 bits per heavy atom. The van der Waals surface area contributed by atoms with Crippen LogP contribution in [0.2, 0.25) is 0 Å². The third-order valence-corrected chi connectivity index (χ3v) is 3.85. The van der Waals surface area contributed by atoms with Crippen LogP contribution in [0.5, 0.6) is 11.5 Å². The maximum Gasteiger partial charge on any atom is 0.586 e. The lowest BCUT2D eigenvalue weighted by Crippen LogP contribution is -2.30. The summed E-state index contributed by atoms with van der Waals surface area (Å²) in [6.45, 7) is 3.45. The van der Waals surface area contributed by atoms with Crippen LogP contribution in [0.4, 0.5) is 8.78 Å². The van der Waals surface area contributed by atoms with Crippen LogP contribution < -0.4 is 9.47 Å². The fourth-order valence-electron chi connectivity index (χ4n) is 2.84. The maximum absolute atomic E-state index is 12.9. The predicted octanol–water partition coefficient (Wildman–Crippen LogP) is 3.43. The molecule has 0 amide bonds. The molecule has 1 aromatic rings. The van der Waals surface area contributed by atoms with Gasteiger partial charge in [-0.15, -0.1) is 8.78 Å². The molecule has 2 heterocycles. The van der Waals surface area contributed by atoms with Crippen molar-refractivity contribution in [1.29, 1.82) is 0 Å². The van der Waals surface area contributed by atoms with Crippen LogP contribution in [-0.2, 0) is 6.42 Å². The zero-order valence-corrected chi connectivity index (χ0v) is 11.4. The summed E-state index contributed by atoms with van der Waals surface area (Å²) >= 11 is 0. The van der Waals surface area contributed by atoms with Crippen LogP contribution in [-0.4, -0.2) is 30.8 Å². The first kappa shape index (κ1) is 13.6. The Kier molecular flexibility index (Phi) is 3.78. The first-order valence-electron chi connectivity index (χ1n) is 7.23. The molecule has 0 spiro atoms. The molecule has 5 heteroatoms. The Bertz CT molecular complexity index is 473. The summed E-state index contributed by atoms with van der Waals surface area (Å²) < 4.78 is 34.7. The Labute approximate surface area is 117 Å². The Morgan fingerprint density at radius 3 is 2.60 bits per heavy atom. The summed E-state index contributed by atoms with van der Waals surface area (Å²) in [5.74, 6) is 0.264. The fourth-order valence-corrected chi connectivity index (χ4v) is 2.84. The zero-order valence-electron chi connectivity index (χ0n) is 11.4. The van der Waals surface area contributed by atoms with Gasteiger partial charge >= 0.3 is 6.29 Å². The molecular weight excluding hydrogens is 264 g/mol. The van der Waals surface area contributed by atoms with Gasteiger partial charge in [0.25, 0.3) is 0 Å². The van der Waals surface area contributed by atoms with Gasteiger partial charge in [0.15, 0.2) is 11.5 Å². The van der Waals surface area contributed by atoms with Gasteiger partial charge < -0.3 is 14.4 Å². The maximum atomic E-state index is 12.9. The number of fused-ring (bicyclic) bond motifs is 1. The second kappa shape index (κ2) is 5.56. The number of piperidine rings is 1. The van der Waals surface area contributed by atoms with Crippen molar-refractivity contribution in [2.24, 2.45) is 0 Å². The molecule has 1 fully saturated rings. The normalized spacial score (nSPS) is 21.1. The van der Waals surface area contributed by atoms with E-state index in [0.717, 1.165) is 24.9 Å². The molecule has 110 valence electrons. The summed E-state index contributed by atoms with van der Waals surface area (Å²) in [6, 6.07) is 5.05. The van der Waals surface area contributed by atoms with Gasteiger partial charge in [0.1, 0.15) is 0 Å². The van der Waals surface area contributed by atoms with E-state index in [9.17, 15) is 8.78 Å². The highest BCUT2D eigenvalue weighted by Crippen LogP contribution is 2.41. The van der Waals surface area contributed by atoms with E-state index >= 15 is 0 Å². The average Bonchev–Trinajstić information content (AvgIpc) is 2.73. The van der Waals surface area contributed by atoms with Gasteiger partial charge in [0.2, 0.25) is 0 Å². The lowest BCUT2D eigenvalue weighted by Gasteiger charge is -2.26. The van der Waals surface area contributed by atoms with E-state index in [4.69, 9.17) is 0 Å². The summed E-state index contributed by atoms with van der Waals surface area (Å²) in [6.07, 6.45) is 2.31. The third kappa shape index (κ3) is 3.20. The fraction of sp³-hybridized carbons (Fsp3) is 0.600. The molecule has 2 aliphatic rings. The van der Waals surface area contributed by atoms with Crippen molar-refractivity contribution in [3.63, 3.8) is 0 Å². The molecule has 0 bridgehead atoms. The molecule has 0 N–H and O–H groups in total. The van der Waals surface area contributed by atoms with Crippen LogP contribution in [0.15, 0.2) is 18.2 Å². The number of aryl methyl sites for hydroxylation is 1. The van der Waals surface area contributed by atoms with E-state index in [1.165, 1.54) is 32.4 Å². The first-order chi connectivity index (χ1) is 9.62. The molecule has 3 nitrogen and oxygen atoms in total. The van der Waals surface area contributed by atoms with E-state index in [0.29, 0.717) is 0 Å². The van der Waals surface area contributed by atoms with Crippen molar-refractivity contribution in [2.45, 2.75) is 38.4 Å². The van der Waals surface area contributed by atoms with Crippen LogP contribution >= 0.6 is 0 Å². The van der Waals surface area contributed by atoms with Crippen LogP contribution in [0.3, 0.4) is 0 Å². The van der Waals surface area contributed by atoms with Gasteiger partial charge in [-0.2, -0.15) is 0 Å². The largest absolute Gasteiger partial charge is 0.586 e. The molecule has 2 aliphatic heterocycles. The molecule has 0 saturated carbocycles. The number of ether oxygens (including phenoxy) is 2. The van der Waals surface area contributed by atoms with Crippen LogP contribution in [0.1, 0.15) is 31.2 Å². The molecule has 0 unspecified atom stereocenters. The minimum atomic E-state index is -3.52. The number of rotatable bonds is 4. The van der Waals surface area contributed by atoms with Crippen molar-refractivity contribution < 1.29 is 18.3 Å². The molecule has 1 saturated heterocycles. The third-order valence-electron chi connectivity index (χ3n) is 3.85. The quantitative estimate of drug-likeness (QED) is 0.845. The number of benzene rings is 1. The summed E-state index contributed by atoms with van der Waals surface area (Å²) in [5, 5.41) is 0. The Morgan fingerprint density at radius 1 is 1.05 bits per heavy atom. The monoisotopic (exact) mass is 283 g/mol. The van der Waals surface area contributed by atoms with Crippen molar-refractivity contribution in [3.8, 4) is 11.5 Å². The SMILES string of the molecule is FC1(F)Oc2ccc(CCCN3CCCCC3)cc2O1. The highest BCUT2D eigenvalue weighted by atomic mass is 19.3. The number of hydrogen-bond donors (Lipinski definition) is 0. The van der Waals surface area contributed by atoms with Crippen molar-refractivity contribution in [1.82, 2.24) is 4.90 Å². The smallest absolute Gasteiger partial charge is 0.395 e. The highest BCUT2D eigenvalue weighted by molar-refractivity contribution is 5.45. The number of halogens is 2. The van der Waals surface area contributed by atoms with E-state index < -0.39 is 6.29 Å². The van der Waals surface area contributed by atoms with Crippen LogP contribution in [0, 0.1) is 0 Å². The number of likely N-dealkylation sites (tertiary alicyclic amines) is 1. The summed E-state index contributed by atoms with van der Waals surface area (Å²) in [5.41, 5.74) is 1.02. The molecule has 0 aliphatic carbocycles. The van der Waals surface area contributed by atoms with E-state index in [1.54, 1.807) is 12.1 Å². The van der Waals surface area contributed by atoms with Crippen molar-refractivity contribution in [2.75, 3.05) is 19.6 Å². The lowest BCUT2D eigenvalue weighted by molar-refractivity contribution is -0.286. The van der Waals surface area contributed by atoms with Gasteiger partial charge in [-0.05, 0) is 63.0 Å². The molecule has 0 atom stereocenters. The van der Waals surface area contributed by atoms with Crippen molar-refractivity contribution in [3.05, 3.63) is 23.8 Å². The average molecular weight is 283 g/mol. The predicted molar refractivity (Wildman–Crippen MR) is 71.3 cm³/mol. The Hall–Kier alpha value is -1.36. The minimum Gasteiger partial charge on any atom is -0.395 e. The van der Waals surface area contributed by atoms with Gasteiger partial charge in [-0.25, -0.2) is 0 Å². The number of nitrogens with zero attached hydrogens (tertiary/aromatic N) is 1. The molecule has 0 aromatic heterocycles. The van der Waals surface area contributed by atoms with Crippen LogP contribution in [0.25, 0.3) is 0 Å². The minimum absolute atomic E-state index is 0.120. The number of alkyl halides is 2. The lowest BCUT2D eigenvalue weighted by atomic mass is 10.1. The van der Waals surface area contributed by atoms with Crippen molar-refractivity contribution >= 4 is 0 Å². The van der Waals surface area contributed by atoms with Gasteiger partial charge in [-0.3, -0.25) is 0 Å².